The zero-order chi connectivity index (χ0) is 15.2. The van der Waals surface area contributed by atoms with Crippen LogP contribution in [0.1, 0.15) is 0 Å². The van der Waals surface area contributed by atoms with Crippen LogP contribution < -0.4 is 9.46 Å². The van der Waals surface area contributed by atoms with Crippen LogP contribution in [-0.4, -0.2) is 46.4 Å². The van der Waals surface area contributed by atoms with Gasteiger partial charge in [-0.3, -0.25) is 4.79 Å². The number of aliphatic carboxylic acids is 1. The van der Waals surface area contributed by atoms with Gasteiger partial charge in [-0.2, -0.15) is 4.72 Å². The van der Waals surface area contributed by atoms with Crippen LogP contribution in [0.5, 0.6) is 5.75 Å². The maximum absolute atomic E-state index is 13.2. The van der Waals surface area contributed by atoms with Gasteiger partial charge in [0.25, 0.3) is 0 Å². The summed E-state index contributed by atoms with van der Waals surface area (Å²) in [5, 5.41) is 8.47. The van der Waals surface area contributed by atoms with E-state index in [1.807, 2.05) is 4.72 Å². The van der Waals surface area contributed by atoms with Crippen LogP contribution in [-0.2, 0) is 19.6 Å². The summed E-state index contributed by atoms with van der Waals surface area (Å²) in [6.45, 7) is -0.515. The summed E-state index contributed by atoms with van der Waals surface area (Å²) in [5.41, 5.74) is 0. The van der Waals surface area contributed by atoms with E-state index in [4.69, 9.17) is 14.6 Å². The molecule has 7 nitrogen and oxygen atoms in total. The van der Waals surface area contributed by atoms with E-state index in [0.29, 0.717) is 0 Å². The highest BCUT2D eigenvalue weighted by Gasteiger charge is 2.21. The van der Waals surface area contributed by atoms with Crippen molar-refractivity contribution in [2.24, 2.45) is 0 Å². The monoisotopic (exact) mass is 307 g/mol. The molecule has 0 aliphatic rings. The zero-order valence-corrected chi connectivity index (χ0v) is 11.4. The number of carboxylic acid groups (broad SMARTS) is 1. The number of halogens is 1. The van der Waals surface area contributed by atoms with Gasteiger partial charge in [-0.25, -0.2) is 12.8 Å². The van der Waals surface area contributed by atoms with Gasteiger partial charge in [-0.1, -0.05) is 0 Å². The molecule has 0 aromatic heterocycles. The Morgan fingerprint density at radius 1 is 1.40 bits per heavy atom. The molecule has 0 heterocycles. The average molecular weight is 307 g/mol. The molecule has 0 saturated carbocycles. The molecule has 0 fully saturated rings. The van der Waals surface area contributed by atoms with Gasteiger partial charge in [0.15, 0.2) is 0 Å². The van der Waals surface area contributed by atoms with Crippen molar-refractivity contribution >= 4 is 16.0 Å². The normalized spacial score (nSPS) is 11.3. The lowest BCUT2D eigenvalue weighted by molar-refractivity contribution is -0.135. The molecule has 1 aromatic rings. The van der Waals surface area contributed by atoms with Gasteiger partial charge in [-0.15, -0.1) is 0 Å². The van der Waals surface area contributed by atoms with Gasteiger partial charge >= 0.3 is 5.97 Å². The lowest BCUT2D eigenvalue weighted by Crippen LogP contribution is -2.30. The van der Waals surface area contributed by atoms with Crippen LogP contribution in [0.4, 0.5) is 4.39 Å². The van der Waals surface area contributed by atoms with E-state index in [-0.39, 0.29) is 19.0 Å². The smallest absolute Gasteiger partial charge is 0.318 e. The highest BCUT2D eigenvalue weighted by Crippen LogP contribution is 2.24. The third kappa shape index (κ3) is 4.76. The number of nitrogens with one attached hydrogen (secondary N) is 1. The van der Waals surface area contributed by atoms with Crippen molar-refractivity contribution in [3.8, 4) is 5.75 Å². The molecule has 112 valence electrons. The molecule has 0 amide bonds. The first-order valence-corrected chi connectivity index (χ1v) is 6.98. The van der Waals surface area contributed by atoms with E-state index in [1.165, 1.54) is 7.11 Å². The first-order valence-electron chi connectivity index (χ1n) is 5.49. The number of carboxylic acids is 1. The summed E-state index contributed by atoms with van der Waals surface area (Å²) in [6.07, 6.45) is 0. The molecule has 0 aliphatic heterocycles. The van der Waals surface area contributed by atoms with Crippen molar-refractivity contribution in [2.75, 3.05) is 26.9 Å². The van der Waals surface area contributed by atoms with Crippen LogP contribution in [0.25, 0.3) is 0 Å². The summed E-state index contributed by atoms with van der Waals surface area (Å²) < 4.78 is 48.7. The Hall–Kier alpha value is -1.71. The number of rotatable bonds is 8. The van der Waals surface area contributed by atoms with Crippen LogP contribution in [0, 0.1) is 5.82 Å². The Kier molecular flexibility index (Phi) is 5.86. The number of methoxy groups -OCH3 is 1. The summed E-state index contributed by atoms with van der Waals surface area (Å²) >= 11 is 0. The number of benzene rings is 1. The highest BCUT2D eigenvalue weighted by molar-refractivity contribution is 7.89. The molecule has 0 radical (unpaired) electrons. The Balaban J connectivity index is 3.01. The maximum atomic E-state index is 13.2. The minimum atomic E-state index is -4.18. The molecule has 20 heavy (non-hydrogen) atoms. The van der Waals surface area contributed by atoms with Crippen molar-refractivity contribution in [3.63, 3.8) is 0 Å². The molecule has 1 aromatic carbocycles. The fourth-order valence-electron chi connectivity index (χ4n) is 1.28. The Bertz CT molecular complexity index is 574. The molecule has 9 heteroatoms. The van der Waals surface area contributed by atoms with Gasteiger partial charge in [0.1, 0.15) is 29.6 Å². The maximum Gasteiger partial charge on any atom is 0.318 e. The third-order valence-corrected chi connectivity index (χ3v) is 3.58. The van der Waals surface area contributed by atoms with Crippen LogP contribution >= 0.6 is 0 Å². The molecular weight excluding hydrogens is 293 g/mol. The van der Waals surface area contributed by atoms with E-state index >= 15 is 0 Å². The SMILES string of the molecule is COCCOc1ccc(F)cc1S(=O)(=O)NCC(=O)O. The topological polar surface area (TPSA) is 102 Å². The fourth-order valence-corrected chi connectivity index (χ4v) is 2.41. The van der Waals surface area contributed by atoms with Crippen molar-refractivity contribution in [2.45, 2.75) is 4.90 Å². The summed E-state index contributed by atoms with van der Waals surface area (Å²) in [4.78, 5) is 9.93. The van der Waals surface area contributed by atoms with Gasteiger partial charge in [0.05, 0.1) is 6.61 Å². The van der Waals surface area contributed by atoms with E-state index in [0.717, 1.165) is 18.2 Å². The van der Waals surface area contributed by atoms with Crippen molar-refractivity contribution < 1.29 is 32.2 Å². The fraction of sp³-hybridized carbons (Fsp3) is 0.364. The highest BCUT2D eigenvalue weighted by atomic mass is 32.2. The molecular formula is C11H14FNO6S. The molecule has 1 rings (SSSR count). The summed E-state index contributed by atoms with van der Waals surface area (Å²) in [5.74, 6) is -2.21. The van der Waals surface area contributed by atoms with Crippen LogP contribution in [0.2, 0.25) is 0 Å². The van der Waals surface area contributed by atoms with Crippen LogP contribution in [0.15, 0.2) is 23.1 Å². The second-order valence-corrected chi connectivity index (χ2v) is 5.39. The molecule has 2 N–H and O–H groups in total. The van der Waals surface area contributed by atoms with Crippen molar-refractivity contribution in [3.05, 3.63) is 24.0 Å². The first-order chi connectivity index (χ1) is 9.36. The Morgan fingerprint density at radius 3 is 2.70 bits per heavy atom. The van der Waals surface area contributed by atoms with E-state index in [9.17, 15) is 17.6 Å². The number of ether oxygens (including phenoxy) is 2. The van der Waals surface area contributed by atoms with Crippen LogP contribution in [0.3, 0.4) is 0 Å². The largest absolute Gasteiger partial charge is 0.490 e. The lowest BCUT2D eigenvalue weighted by Gasteiger charge is -2.12. The molecule has 0 unspecified atom stereocenters. The standard InChI is InChI=1S/C11H14FNO6S/c1-18-4-5-19-9-3-2-8(12)6-10(9)20(16,17)13-7-11(14)15/h2-3,6,13H,4-5,7H2,1H3,(H,14,15). The first kappa shape index (κ1) is 16.3. The van der Waals surface area contributed by atoms with E-state index < -0.39 is 33.3 Å². The molecule has 0 spiro atoms. The number of hydrogen-bond donors (Lipinski definition) is 2. The minimum absolute atomic E-state index is 0.0730. The van der Waals surface area contributed by atoms with Gasteiger partial charge < -0.3 is 14.6 Å². The average Bonchev–Trinajstić information content (AvgIpc) is 2.38. The Morgan fingerprint density at radius 2 is 2.10 bits per heavy atom. The number of hydrogen-bond acceptors (Lipinski definition) is 5. The predicted octanol–water partition coefficient (Wildman–Crippen LogP) is 0.214. The van der Waals surface area contributed by atoms with Gasteiger partial charge in [0.2, 0.25) is 10.0 Å². The zero-order valence-electron chi connectivity index (χ0n) is 10.6. The lowest BCUT2D eigenvalue weighted by atomic mass is 10.3. The number of carbonyl (C=O) groups is 1. The Labute approximate surface area is 115 Å². The summed E-state index contributed by atoms with van der Waals surface area (Å²) in [7, 11) is -2.74. The van der Waals surface area contributed by atoms with E-state index in [1.54, 1.807) is 0 Å². The van der Waals surface area contributed by atoms with Gasteiger partial charge in [0, 0.05) is 7.11 Å². The minimum Gasteiger partial charge on any atom is -0.490 e. The third-order valence-electron chi connectivity index (χ3n) is 2.15. The van der Waals surface area contributed by atoms with E-state index in [2.05, 4.69) is 0 Å². The van der Waals surface area contributed by atoms with Crippen molar-refractivity contribution in [1.29, 1.82) is 0 Å². The van der Waals surface area contributed by atoms with Gasteiger partial charge in [-0.05, 0) is 18.2 Å². The second kappa shape index (κ2) is 7.17. The molecule has 0 bridgehead atoms. The molecule has 0 aliphatic carbocycles. The number of sulfonamides is 1. The molecule has 0 atom stereocenters. The quantitative estimate of drug-likeness (QED) is 0.666. The summed E-state index contributed by atoms with van der Waals surface area (Å²) in [6, 6.07) is 2.95. The molecule has 0 saturated heterocycles. The second-order valence-electron chi connectivity index (χ2n) is 3.65. The van der Waals surface area contributed by atoms with Crippen molar-refractivity contribution in [1.82, 2.24) is 4.72 Å². The predicted molar refractivity (Wildman–Crippen MR) is 66.6 cm³/mol.